The second-order valence-corrected chi connectivity index (χ2v) is 7.42. The zero-order valence-corrected chi connectivity index (χ0v) is 18.6. The molecule has 4 rings (SSSR count). The van der Waals surface area contributed by atoms with Crippen molar-refractivity contribution in [3.05, 3.63) is 84.1 Å². The molecule has 0 fully saturated rings. The monoisotopic (exact) mass is 444 g/mol. The van der Waals surface area contributed by atoms with Crippen molar-refractivity contribution in [2.75, 3.05) is 19.1 Å². The molecule has 0 radical (unpaired) electrons. The molecule has 33 heavy (non-hydrogen) atoms. The number of ether oxygens (including phenoxy) is 3. The van der Waals surface area contributed by atoms with Crippen LogP contribution in [0.25, 0.3) is 10.9 Å². The maximum absolute atomic E-state index is 11.9. The van der Waals surface area contributed by atoms with Gasteiger partial charge in [-0.25, -0.2) is 4.79 Å². The highest BCUT2D eigenvalue weighted by Crippen LogP contribution is 2.37. The lowest BCUT2D eigenvalue weighted by molar-refractivity contribution is 0.201. The number of fused-ring (bicyclic) bond motifs is 1. The number of methoxy groups -OCH3 is 2. The van der Waals surface area contributed by atoms with Gasteiger partial charge < -0.3 is 19.3 Å². The van der Waals surface area contributed by atoms with Crippen molar-refractivity contribution in [2.45, 2.75) is 13.5 Å². The fourth-order valence-corrected chi connectivity index (χ4v) is 3.58. The van der Waals surface area contributed by atoms with Crippen molar-refractivity contribution in [3.63, 3.8) is 0 Å². The van der Waals surface area contributed by atoms with E-state index in [1.807, 2.05) is 37.3 Å². The van der Waals surface area contributed by atoms with E-state index in [-0.39, 0.29) is 6.54 Å². The van der Waals surface area contributed by atoms with Gasteiger partial charge in [0, 0.05) is 23.3 Å². The van der Waals surface area contributed by atoms with E-state index in [9.17, 15) is 9.90 Å². The molecule has 1 N–H and O–H groups in total. The molecule has 1 heterocycles. The fraction of sp³-hybridized carbons (Fsp3) is 0.154. The smallest absolute Gasteiger partial charge is 0.412 e. The molecule has 7 heteroatoms. The van der Waals surface area contributed by atoms with Crippen LogP contribution in [0.3, 0.4) is 0 Å². The number of amides is 1. The normalized spacial score (nSPS) is 10.6. The van der Waals surface area contributed by atoms with Gasteiger partial charge in [0.05, 0.1) is 26.3 Å². The number of rotatable bonds is 7. The van der Waals surface area contributed by atoms with E-state index >= 15 is 0 Å². The van der Waals surface area contributed by atoms with Crippen LogP contribution in [-0.2, 0) is 6.54 Å². The summed E-state index contributed by atoms with van der Waals surface area (Å²) in [6.07, 6.45) is 0.639. The summed E-state index contributed by atoms with van der Waals surface area (Å²) >= 11 is 0. The lowest BCUT2D eigenvalue weighted by Crippen LogP contribution is -2.28. The average molecular weight is 444 g/mol. The summed E-state index contributed by atoms with van der Waals surface area (Å²) in [4.78, 5) is 17.6. The minimum Gasteiger partial charge on any atom is -0.493 e. The Kier molecular flexibility index (Phi) is 6.31. The first-order chi connectivity index (χ1) is 16.0. The Balaban J connectivity index is 1.60. The summed E-state index contributed by atoms with van der Waals surface area (Å²) in [5, 5.41) is 10.5. The molecule has 0 unspecified atom stereocenters. The van der Waals surface area contributed by atoms with Gasteiger partial charge >= 0.3 is 6.09 Å². The Hall–Kier alpha value is -4.26. The first-order valence-electron chi connectivity index (χ1n) is 10.3. The third-order valence-electron chi connectivity index (χ3n) is 5.40. The second kappa shape index (κ2) is 9.48. The van der Waals surface area contributed by atoms with Crippen LogP contribution in [0.1, 0.15) is 11.1 Å². The van der Waals surface area contributed by atoms with Crippen molar-refractivity contribution >= 4 is 22.7 Å². The Morgan fingerprint density at radius 2 is 1.64 bits per heavy atom. The molecule has 0 aliphatic heterocycles. The van der Waals surface area contributed by atoms with Crippen LogP contribution in [0.4, 0.5) is 10.5 Å². The highest BCUT2D eigenvalue weighted by atomic mass is 16.5. The topological polar surface area (TPSA) is 81.1 Å². The van der Waals surface area contributed by atoms with Crippen molar-refractivity contribution in [3.8, 4) is 23.0 Å². The van der Waals surface area contributed by atoms with E-state index in [1.165, 1.54) is 4.90 Å². The number of hydrogen-bond donors (Lipinski definition) is 1. The van der Waals surface area contributed by atoms with E-state index in [4.69, 9.17) is 14.2 Å². The largest absolute Gasteiger partial charge is 0.493 e. The lowest BCUT2D eigenvalue weighted by Gasteiger charge is -2.21. The lowest BCUT2D eigenvalue weighted by atomic mass is 10.1. The molecule has 0 saturated carbocycles. The molecular weight excluding hydrogens is 420 g/mol. The molecule has 0 atom stereocenters. The summed E-state index contributed by atoms with van der Waals surface area (Å²) < 4.78 is 16.8. The molecule has 4 aromatic rings. The van der Waals surface area contributed by atoms with Crippen LogP contribution in [0.15, 0.2) is 72.9 Å². The molecule has 168 valence electrons. The molecule has 0 spiro atoms. The van der Waals surface area contributed by atoms with Gasteiger partial charge in [-0.3, -0.25) is 9.88 Å². The number of benzene rings is 3. The molecule has 3 aromatic carbocycles. The number of pyridine rings is 1. The molecular formula is C26H24N2O5. The Morgan fingerprint density at radius 1 is 0.939 bits per heavy atom. The molecule has 7 nitrogen and oxygen atoms in total. The first-order valence-corrected chi connectivity index (χ1v) is 10.3. The van der Waals surface area contributed by atoms with Gasteiger partial charge in [-0.15, -0.1) is 0 Å². The first kappa shape index (κ1) is 22.0. The number of anilines is 1. The van der Waals surface area contributed by atoms with Crippen molar-refractivity contribution in [1.82, 2.24) is 4.98 Å². The van der Waals surface area contributed by atoms with E-state index in [1.54, 1.807) is 56.8 Å². The SMILES string of the molecule is COc1cc2nccc(Oc3ccc(N(Cc4ccccc4C)C(=O)O)cc3)c2cc1OC. The molecule has 0 aliphatic carbocycles. The minimum atomic E-state index is -1.02. The van der Waals surface area contributed by atoms with E-state index < -0.39 is 6.09 Å². The predicted molar refractivity (Wildman–Crippen MR) is 127 cm³/mol. The van der Waals surface area contributed by atoms with Gasteiger partial charge in [0.2, 0.25) is 0 Å². The van der Waals surface area contributed by atoms with Crippen LogP contribution in [-0.4, -0.2) is 30.4 Å². The second-order valence-electron chi connectivity index (χ2n) is 7.42. The third kappa shape index (κ3) is 4.67. The van der Waals surface area contributed by atoms with Crippen LogP contribution < -0.4 is 19.1 Å². The Morgan fingerprint density at radius 3 is 2.30 bits per heavy atom. The molecule has 1 amide bonds. The Bertz CT molecular complexity index is 1290. The van der Waals surface area contributed by atoms with Gasteiger partial charge in [0.1, 0.15) is 11.5 Å². The zero-order chi connectivity index (χ0) is 23.4. The molecule has 1 aromatic heterocycles. The van der Waals surface area contributed by atoms with Crippen LogP contribution in [0.2, 0.25) is 0 Å². The standard InChI is InChI=1S/C26H24N2O5/c1-17-6-4-5-7-18(17)16-28(26(29)30)19-8-10-20(11-9-19)33-23-12-13-27-22-15-25(32-3)24(31-2)14-21(22)23/h4-15H,16H2,1-3H3,(H,29,30). The molecule has 0 saturated heterocycles. The Labute approximate surface area is 191 Å². The highest BCUT2D eigenvalue weighted by molar-refractivity contribution is 5.88. The summed E-state index contributed by atoms with van der Waals surface area (Å²) in [5.74, 6) is 2.33. The van der Waals surface area contributed by atoms with Crippen LogP contribution >= 0.6 is 0 Å². The quantitative estimate of drug-likeness (QED) is 0.374. The maximum atomic E-state index is 11.9. The van der Waals surface area contributed by atoms with Crippen molar-refractivity contribution in [1.29, 1.82) is 0 Å². The van der Waals surface area contributed by atoms with E-state index in [0.29, 0.717) is 34.2 Å². The highest BCUT2D eigenvalue weighted by Gasteiger charge is 2.16. The number of nitrogens with zero attached hydrogens (tertiary/aromatic N) is 2. The van der Waals surface area contributed by atoms with Gasteiger partial charge in [0.15, 0.2) is 11.5 Å². The maximum Gasteiger partial charge on any atom is 0.412 e. The van der Waals surface area contributed by atoms with Gasteiger partial charge in [-0.1, -0.05) is 24.3 Å². The van der Waals surface area contributed by atoms with Gasteiger partial charge in [0.25, 0.3) is 0 Å². The fourth-order valence-electron chi connectivity index (χ4n) is 3.58. The van der Waals surface area contributed by atoms with Crippen LogP contribution in [0.5, 0.6) is 23.0 Å². The van der Waals surface area contributed by atoms with E-state index in [0.717, 1.165) is 16.5 Å². The van der Waals surface area contributed by atoms with Crippen molar-refractivity contribution < 1.29 is 24.1 Å². The number of carboxylic acid groups (broad SMARTS) is 1. The number of aryl methyl sites for hydroxylation is 1. The minimum absolute atomic E-state index is 0.263. The summed E-state index contributed by atoms with van der Waals surface area (Å²) in [5.41, 5.74) is 3.26. The zero-order valence-electron chi connectivity index (χ0n) is 18.6. The average Bonchev–Trinajstić information content (AvgIpc) is 2.83. The summed E-state index contributed by atoms with van der Waals surface area (Å²) in [6, 6.07) is 20.1. The van der Waals surface area contributed by atoms with Gasteiger partial charge in [-0.05, 0) is 54.4 Å². The molecule has 0 aliphatic rings. The number of carbonyl (C=O) groups is 1. The third-order valence-corrected chi connectivity index (χ3v) is 5.40. The van der Waals surface area contributed by atoms with Gasteiger partial charge in [-0.2, -0.15) is 0 Å². The predicted octanol–water partition coefficient (Wildman–Crippen LogP) is 6.04. The van der Waals surface area contributed by atoms with Crippen molar-refractivity contribution in [2.24, 2.45) is 0 Å². The number of hydrogen-bond acceptors (Lipinski definition) is 5. The summed E-state index contributed by atoms with van der Waals surface area (Å²) in [7, 11) is 3.15. The summed E-state index contributed by atoms with van der Waals surface area (Å²) in [6.45, 7) is 2.23. The molecule has 0 bridgehead atoms. The van der Waals surface area contributed by atoms with E-state index in [2.05, 4.69) is 4.98 Å². The number of aromatic nitrogens is 1. The van der Waals surface area contributed by atoms with Crippen LogP contribution in [0, 0.1) is 6.92 Å².